The summed E-state index contributed by atoms with van der Waals surface area (Å²) in [7, 11) is 0. The summed E-state index contributed by atoms with van der Waals surface area (Å²) in [5.74, 6) is -0.129. The van der Waals surface area contributed by atoms with Gasteiger partial charge >= 0.3 is 0 Å². The molecule has 25 heavy (non-hydrogen) atoms. The van der Waals surface area contributed by atoms with Crippen LogP contribution in [-0.2, 0) is 4.79 Å². The molecule has 0 fully saturated rings. The molecule has 1 amide bonds. The minimum absolute atomic E-state index is 0.129. The molecule has 2 N–H and O–H groups in total. The molecule has 0 aliphatic rings. The van der Waals surface area contributed by atoms with E-state index >= 15 is 0 Å². The Labute approximate surface area is 158 Å². The lowest BCUT2D eigenvalue weighted by molar-refractivity contribution is -0.121. The third kappa shape index (κ3) is 6.40. The van der Waals surface area contributed by atoms with Crippen molar-refractivity contribution in [2.75, 3.05) is 11.9 Å². The second-order valence-electron chi connectivity index (χ2n) is 5.75. The van der Waals surface area contributed by atoms with Gasteiger partial charge in [0, 0.05) is 29.2 Å². The highest BCUT2D eigenvalue weighted by atomic mass is 35.5. The number of nitrogens with zero attached hydrogens (tertiary/aromatic N) is 1. The Kier molecular flexibility index (Phi) is 7.29. The maximum absolute atomic E-state index is 11.9. The molecule has 0 unspecified atom stereocenters. The van der Waals surface area contributed by atoms with Crippen LogP contribution < -0.4 is 10.7 Å². The number of carbonyl (C=O) groups is 1. The molecule has 0 heterocycles. The van der Waals surface area contributed by atoms with E-state index in [4.69, 9.17) is 23.2 Å². The van der Waals surface area contributed by atoms with E-state index in [9.17, 15) is 4.79 Å². The molecule has 2 aromatic carbocycles. The van der Waals surface area contributed by atoms with Gasteiger partial charge in [0.25, 0.3) is 0 Å². The van der Waals surface area contributed by atoms with Gasteiger partial charge in [-0.1, -0.05) is 47.0 Å². The first kappa shape index (κ1) is 19.3. The van der Waals surface area contributed by atoms with Crippen molar-refractivity contribution in [1.29, 1.82) is 0 Å². The molecule has 0 aliphatic carbocycles. The summed E-state index contributed by atoms with van der Waals surface area (Å²) in [5.41, 5.74) is 6.21. The lowest BCUT2D eigenvalue weighted by Crippen LogP contribution is -2.20. The minimum atomic E-state index is -0.129. The number of carbonyl (C=O) groups excluding carboxylic acids is 1. The number of aryl methyl sites for hydroxylation is 1. The molecule has 6 heteroatoms. The fourth-order valence-corrected chi connectivity index (χ4v) is 2.74. The van der Waals surface area contributed by atoms with Gasteiger partial charge in [0.15, 0.2) is 0 Å². The maximum Gasteiger partial charge on any atom is 0.240 e. The molecule has 0 aromatic heterocycles. The number of anilines is 1. The fraction of sp³-hybridized carbons (Fsp3) is 0.263. The summed E-state index contributed by atoms with van der Waals surface area (Å²) in [6.45, 7) is 4.56. The van der Waals surface area contributed by atoms with Crippen molar-refractivity contribution < 1.29 is 4.79 Å². The summed E-state index contributed by atoms with van der Waals surface area (Å²) >= 11 is 12.0. The molecule has 0 saturated carbocycles. The van der Waals surface area contributed by atoms with E-state index in [1.807, 2.05) is 19.1 Å². The lowest BCUT2D eigenvalue weighted by atomic mass is 10.1. The summed E-state index contributed by atoms with van der Waals surface area (Å²) < 4.78 is 0. The smallest absolute Gasteiger partial charge is 0.240 e. The Balaban J connectivity index is 1.75. The first-order valence-electron chi connectivity index (χ1n) is 8.05. The van der Waals surface area contributed by atoms with E-state index in [0.29, 0.717) is 22.2 Å². The van der Waals surface area contributed by atoms with E-state index in [1.165, 1.54) is 5.56 Å². The van der Waals surface area contributed by atoms with Gasteiger partial charge in [0.05, 0.1) is 10.7 Å². The van der Waals surface area contributed by atoms with Crippen LogP contribution in [0.5, 0.6) is 0 Å². The molecule has 4 nitrogen and oxygen atoms in total. The Morgan fingerprint density at radius 2 is 1.84 bits per heavy atom. The summed E-state index contributed by atoms with van der Waals surface area (Å²) in [6.07, 6.45) is 1.11. The van der Waals surface area contributed by atoms with Crippen molar-refractivity contribution >= 4 is 40.5 Å². The van der Waals surface area contributed by atoms with E-state index in [0.717, 1.165) is 24.2 Å². The minimum Gasteiger partial charge on any atom is -0.385 e. The Morgan fingerprint density at radius 1 is 1.12 bits per heavy atom. The number of halogens is 2. The Hall–Kier alpha value is -2.04. The third-order valence-electron chi connectivity index (χ3n) is 3.63. The predicted octanol–water partition coefficient (Wildman–Crippen LogP) is 5.03. The number of hydrogen-bond donors (Lipinski definition) is 2. The summed E-state index contributed by atoms with van der Waals surface area (Å²) in [5, 5.41) is 8.45. The normalized spacial score (nSPS) is 11.3. The molecule has 2 rings (SSSR count). The van der Waals surface area contributed by atoms with Gasteiger partial charge in [-0.15, -0.1) is 0 Å². The maximum atomic E-state index is 11.9. The van der Waals surface area contributed by atoms with Crippen LogP contribution in [0.15, 0.2) is 47.6 Å². The van der Waals surface area contributed by atoms with Crippen molar-refractivity contribution in [1.82, 2.24) is 5.43 Å². The van der Waals surface area contributed by atoms with Gasteiger partial charge in [-0.3, -0.25) is 4.79 Å². The van der Waals surface area contributed by atoms with Crippen LogP contribution in [0, 0.1) is 6.92 Å². The van der Waals surface area contributed by atoms with Crippen LogP contribution in [0.3, 0.4) is 0 Å². The molecule has 0 radical (unpaired) electrons. The fourth-order valence-electron chi connectivity index (χ4n) is 2.20. The van der Waals surface area contributed by atoms with Gasteiger partial charge in [0.2, 0.25) is 5.91 Å². The highest BCUT2D eigenvalue weighted by molar-refractivity contribution is 6.37. The highest BCUT2D eigenvalue weighted by Crippen LogP contribution is 2.21. The lowest BCUT2D eigenvalue weighted by Gasteiger charge is -2.07. The largest absolute Gasteiger partial charge is 0.385 e. The molecule has 132 valence electrons. The zero-order valence-electron chi connectivity index (χ0n) is 14.3. The average Bonchev–Trinajstić information content (AvgIpc) is 2.58. The Morgan fingerprint density at radius 3 is 2.52 bits per heavy atom. The van der Waals surface area contributed by atoms with Crippen LogP contribution in [0.25, 0.3) is 0 Å². The second kappa shape index (κ2) is 9.44. The van der Waals surface area contributed by atoms with Crippen LogP contribution in [0.4, 0.5) is 5.69 Å². The molecule has 0 spiro atoms. The van der Waals surface area contributed by atoms with Crippen LogP contribution in [0.1, 0.15) is 30.9 Å². The van der Waals surface area contributed by atoms with Gasteiger partial charge in [-0.2, -0.15) is 5.10 Å². The molecule has 0 aliphatic heterocycles. The highest BCUT2D eigenvalue weighted by Gasteiger charge is 2.06. The van der Waals surface area contributed by atoms with Crippen LogP contribution in [0.2, 0.25) is 10.0 Å². The topological polar surface area (TPSA) is 53.5 Å². The summed E-state index contributed by atoms with van der Waals surface area (Å²) in [4.78, 5) is 11.9. The summed E-state index contributed by atoms with van der Waals surface area (Å²) in [6, 6.07) is 13.3. The van der Waals surface area contributed by atoms with Gasteiger partial charge in [-0.05, 0) is 44.5 Å². The number of benzene rings is 2. The van der Waals surface area contributed by atoms with E-state index in [2.05, 4.69) is 28.0 Å². The molecule has 0 saturated heterocycles. The molecular weight excluding hydrogens is 357 g/mol. The standard InChI is InChI=1S/C19H21Cl2N3O/c1-13-5-8-16(9-6-13)22-11-3-4-19(25)24-23-14(2)17-10-7-15(20)12-18(17)21/h5-10,12,22H,3-4,11H2,1-2H3,(H,24,25)/b23-14-. The van der Waals surface area contributed by atoms with E-state index in [-0.39, 0.29) is 5.91 Å². The number of hydrazone groups is 1. The van der Waals surface area contributed by atoms with Gasteiger partial charge in [0.1, 0.15) is 0 Å². The van der Waals surface area contributed by atoms with Crippen molar-refractivity contribution in [3.8, 4) is 0 Å². The van der Waals surface area contributed by atoms with Crippen LogP contribution >= 0.6 is 23.2 Å². The van der Waals surface area contributed by atoms with Crippen molar-refractivity contribution in [2.24, 2.45) is 5.10 Å². The first-order chi connectivity index (χ1) is 12.0. The molecule has 0 bridgehead atoms. The SMILES string of the molecule is C/C(=N/NC(=O)CCCNc1ccc(C)cc1)c1ccc(Cl)cc1Cl. The Bertz CT molecular complexity index is 758. The quantitative estimate of drug-likeness (QED) is 0.403. The number of rotatable bonds is 7. The van der Waals surface area contributed by atoms with Crippen molar-refractivity contribution in [3.63, 3.8) is 0 Å². The third-order valence-corrected chi connectivity index (χ3v) is 4.18. The zero-order chi connectivity index (χ0) is 18.2. The monoisotopic (exact) mass is 377 g/mol. The zero-order valence-corrected chi connectivity index (χ0v) is 15.8. The van der Waals surface area contributed by atoms with E-state index < -0.39 is 0 Å². The second-order valence-corrected chi connectivity index (χ2v) is 6.60. The van der Waals surface area contributed by atoms with Crippen LogP contribution in [-0.4, -0.2) is 18.2 Å². The molecular formula is C19H21Cl2N3O. The predicted molar refractivity (Wildman–Crippen MR) is 106 cm³/mol. The number of amides is 1. The van der Waals surface area contributed by atoms with Crippen molar-refractivity contribution in [2.45, 2.75) is 26.7 Å². The molecule has 0 atom stereocenters. The van der Waals surface area contributed by atoms with Crippen molar-refractivity contribution in [3.05, 3.63) is 63.6 Å². The van der Waals surface area contributed by atoms with Gasteiger partial charge in [-0.25, -0.2) is 5.43 Å². The average molecular weight is 378 g/mol. The number of hydrogen-bond acceptors (Lipinski definition) is 3. The van der Waals surface area contributed by atoms with E-state index in [1.54, 1.807) is 25.1 Å². The number of nitrogens with one attached hydrogen (secondary N) is 2. The van der Waals surface area contributed by atoms with Gasteiger partial charge < -0.3 is 5.32 Å². The first-order valence-corrected chi connectivity index (χ1v) is 8.80. The molecule has 2 aromatic rings.